The largest absolute Gasteiger partial charge is 0.508 e. The van der Waals surface area contributed by atoms with E-state index >= 15 is 0 Å². The van der Waals surface area contributed by atoms with Crippen molar-refractivity contribution < 1.29 is 9.90 Å². The maximum absolute atomic E-state index is 12.6. The van der Waals surface area contributed by atoms with Crippen molar-refractivity contribution in [2.75, 3.05) is 5.32 Å². The molecule has 1 heterocycles. The van der Waals surface area contributed by atoms with E-state index in [-0.39, 0.29) is 11.7 Å². The van der Waals surface area contributed by atoms with E-state index in [0.29, 0.717) is 17.3 Å². The number of phenolic OH excluding ortho intramolecular Hbond substituents is 1. The molecule has 3 aromatic rings. The third-order valence-electron chi connectivity index (χ3n) is 4.88. The number of aryl methyl sites for hydroxylation is 2. The Balaban J connectivity index is 1.75. The van der Waals surface area contributed by atoms with Crippen LogP contribution in [0.3, 0.4) is 0 Å². The van der Waals surface area contributed by atoms with Crippen molar-refractivity contribution in [1.29, 1.82) is 0 Å². The molecule has 142 valence electrons. The first-order chi connectivity index (χ1) is 13.5. The minimum absolute atomic E-state index is 0.180. The number of rotatable bonds is 4. The fourth-order valence-electron chi connectivity index (χ4n) is 3.56. The molecule has 1 aliphatic rings. The van der Waals surface area contributed by atoms with Crippen LogP contribution >= 0.6 is 0 Å². The van der Waals surface area contributed by atoms with Crippen molar-refractivity contribution in [1.82, 2.24) is 9.97 Å². The summed E-state index contributed by atoms with van der Waals surface area (Å²) in [6.45, 7) is 4.24. The number of fused-ring (bicyclic) bond motifs is 3. The predicted octanol–water partition coefficient (Wildman–Crippen LogP) is 4.40. The molecule has 1 aliphatic carbocycles. The Labute approximate surface area is 164 Å². The minimum Gasteiger partial charge on any atom is -0.508 e. The van der Waals surface area contributed by atoms with E-state index in [0.717, 1.165) is 47.5 Å². The number of phenols is 1. The van der Waals surface area contributed by atoms with Gasteiger partial charge in [0.15, 0.2) is 5.82 Å². The van der Waals surface area contributed by atoms with Gasteiger partial charge in [-0.1, -0.05) is 32.0 Å². The highest BCUT2D eigenvalue weighted by Gasteiger charge is 2.23. The highest BCUT2D eigenvalue weighted by atomic mass is 16.3. The number of aromatic nitrogens is 2. The Morgan fingerprint density at radius 3 is 2.64 bits per heavy atom. The number of hydrogen-bond donors (Lipinski definition) is 2. The van der Waals surface area contributed by atoms with Crippen LogP contribution in [0.1, 0.15) is 41.2 Å². The highest BCUT2D eigenvalue weighted by Crippen LogP contribution is 2.35. The monoisotopic (exact) mass is 373 g/mol. The zero-order valence-corrected chi connectivity index (χ0v) is 16.1. The summed E-state index contributed by atoms with van der Waals surface area (Å²) < 4.78 is 0. The van der Waals surface area contributed by atoms with Gasteiger partial charge in [-0.15, -0.1) is 0 Å². The molecule has 2 N–H and O–H groups in total. The van der Waals surface area contributed by atoms with Crippen LogP contribution < -0.4 is 5.32 Å². The number of carbonyl (C=O) groups excluding carboxylic acids is 1. The highest BCUT2D eigenvalue weighted by molar-refractivity contribution is 6.04. The zero-order chi connectivity index (χ0) is 19.7. The average Bonchev–Trinajstić information content (AvgIpc) is 2.68. The SMILES string of the molecule is CC(C)Cc1nc2c(nc1NC(=O)c1ccccc1)CCc1cc(O)ccc1-2. The number of nitrogens with one attached hydrogen (secondary N) is 1. The third kappa shape index (κ3) is 3.60. The van der Waals surface area contributed by atoms with E-state index in [2.05, 4.69) is 19.2 Å². The molecule has 1 amide bonds. The van der Waals surface area contributed by atoms with Gasteiger partial charge in [-0.25, -0.2) is 9.97 Å². The van der Waals surface area contributed by atoms with E-state index < -0.39 is 0 Å². The Bertz CT molecular complexity index is 1030. The number of nitrogens with zero attached hydrogens (tertiary/aromatic N) is 2. The molecule has 5 heteroatoms. The van der Waals surface area contributed by atoms with Crippen LogP contribution in [0, 0.1) is 5.92 Å². The number of hydrogen-bond acceptors (Lipinski definition) is 4. The number of benzene rings is 2. The maximum atomic E-state index is 12.6. The second-order valence-electron chi connectivity index (χ2n) is 7.57. The molecule has 0 fully saturated rings. The minimum atomic E-state index is -0.180. The lowest BCUT2D eigenvalue weighted by atomic mass is 9.91. The van der Waals surface area contributed by atoms with E-state index in [4.69, 9.17) is 9.97 Å². The van der Waals surface area contributed by atoms with Gasteiger partial charge < -0.3 is 10.4 Å². The molecule has 28 heavy (non-hydrogen) atoms. The van der Waals surface area contributed by atoms with Crippen molar-refractivity contribution >= 4 is 11.7 Å². The van der Waals surface area contributed by atoms with Gasteiger partial charge in [-0.3, -0.25) is 4.79 Å². The van der Waals surface area contributed by atoms with E-state index in [1.807, 2.05) is 24.3 Å². The molecule has 0 spiro atoms. The van der Waals surface area contributed by atoms with Crippen molar-refractivity contribution in [3.05, 3.63) is 71.0 Å². The van der Waals surface area contributed by atoms with Gasteiger partial charge in [0.05, 0.1) is 17.1 Å². The summed E-state index contributed by atoms with van der Waals surface area (Å²) >= 11 is 0. The smallest absolute Gasteiger partial charge is 0.256 e. The molecule has 0 saturated heterocycles. The summed E-state index contributed by atoms with van der Waals surface area (Å²) in [4.78, 5) is 22.4. The first-order valence-corrected chi connectivity index (χ1v) is 9.59. The number of anilines is 1. The van der Waals surface area contributed by atoms with Crippen LogP contribution in [0.15, 0.2) is 48.5 Å². The molecule has 5 nitrogen and oxygen atoms in total. The van der Waals surface area contributed by atoms with Gasteiger partial charge >= 0.3 is 0 Å². The molecule has 4 rings (SSSR count). The summed E-state index contributed by atoms with van der Waals surface area (Å²) in [5.74, 6) is 1.01. The van der Waals surface area contributed by atoms with Crippen molar-refractivity contribution in [3.63, 3.8) is 0 Å². The van der Waals surface area contributed by atoms with Crippen molar-refractivity contribution in [2.45, 2.75) is 33.1 Å². The Morgan fingerprint density at radius 1 is 1.11 bits per heavy atom. The van der Waals surface area contributed by atoms with Crippen LogP contribution in [-0.2, 0) is 19.3 Å². The summed E-state index contributed by atoms with van der Waals surface area (Å²) in [7, 11) is 0. The lowest BCUT2D eigenvalue weighted by Crippen LogP contribution is -2.19. The first-order valence-electron chi connectivity index (χ1n) is 9.59. The molecule has 0 atom stereocenters. The molecule has 0 unspecified atom stereocenters. The molecular weight excluding hydrogens is 350 g/mol. The van der Waals surface area contributed by atoms with Crippen molar-refractivity contribution in [2.24, 2.45) is 5.92 Å². The van der Waals surface area contributed by atoms with Gasteiger partial charge in [0, 0.05) is 11.1 Å². The van der Waals surface area contributed by atoms with Crippen molar-refractivity contribution in [3.8, 4) is 17.0 Å². The Kier molecular flexibility index (Phi) is 4.82. The summed E-state index contributed by atoms with van der Waals surface area (Å²) in [5, 5.41) is 12.7. The second-order valence-corrected chi connectivity index (χ2v) is 7.57. The van der Waals surface area contributed by atoms with Crippen LogP contribution in [0.5, 0.6) is 5.75 Å². The molecular formula is C23H23N3O2. The molecule has 0 aliphatic heterocycles. The van der Waals surface area contributed by atoms with E-state index in [1.165, 1.54) is 0 Å². The van der Waals surface area contributed by atoms with E-state index in [1.54, 1.807) is 24.3 Å². The average molecular weight is 373 g/mol. The predicted molar refractivity (Wildman–Crippen MR) is 109 cm³/mol. The normalized spacial score (nSPS) is 12.4. The van der Waals surface area contributed by atoms with Gasteiger partial charge in [0.2, 0.25) is 0 Å². The summed E-state index contributed by atoms with van der Waals surface area (Å²) in [6, 6.07) is 14.5. The summed E-state index contributed by atoms with van der Waals surface area (Å²) in [6.07, 6.45) is 2.24. The molecule has 2 aromatic carbocycles. The Morgan fingerprint density at radius 2 is 1.89 bits per heavy atom. The van der Waals surface area contributed by atoms with Gasteiger partial charge in [-0.05, 0) is 61.1 Å². The maximum Gasteiger partial charge on any atom is 0.256 e. The third-order valence-corrected chi connectivity index (χ3v) is 4.88. The Hall–Kier alpha value is -3.21. The fourth-order valence-corrected chi connectivity index (χ4v) is 3.56. The zero-order valence-electron chi connectivity index (χ0n) is 16.1. The van der Waals surface area contributed by atoms with Crippen LogP contribution in [0.25, 0.3) is 11.3 Å². The first kappa shape index (κ1) is 18.2. The summed E-state index contributed by atoms with van der Waals surface area (Å²) in [5.41, 5.74) is 5.22. The standard InChI is InChI=1S/C23H23N3O2/c1-14(2)12-20-22(26-23(28)15-6-4-3-5-7-15)25-19-11-8-16-13-17(27)9-10-18(16)21(19)24-20/h3-7,9-10,13-14,27H,8,11-12H2,1-2H3,(H,25,26,28). The van der Waals surface area contributed by atoms with E-state index in [9.17, 15) is 9.90 Å². The van der Waals surface area contributed by atoms with Crippen LogP contribution in [-0.4, -0.2) is 21.0 Å². The topological polar surface area (TPSA) is 75.1 Å². The molecule has 1 aromatic heterocycles. The number of carbonyl (C=O) groups is 1. The fraction of sp³-hybridized carbons (Fsp3) is 0.261. The quantitative estimate of drug-likeness (QED) is 0.711. The van der Waals surface area contributed by atoms with Gasteiger partial charge in [0.1, 0.15) is 5.75 Å². The van der Waals surface area contributed by atoms with Gasteiger partial charge in [0.25, 0.3) is 5.91 Å². The number of amides is 1. The molecule has 0 bridgehead atoms. The van der Waals surface area contributed by atoms with Crippen LogP contribution in [0.4, 0.5) is 5.82 Å². The second kappa shape index (κ2) is 7.43. The van der Waals surface area contributed by atoms with Crippen LogP contribution in [0.2, 0.25) is 0 Å². The lowest BCUT2D eigenvalue weighted by molar-refractivity contribution is 0.102. The van der Waals surface area contributed by atoms with Gasteiger partial charge in [-0.2, -0.15) is 0 Å². The molecule has 0 saturated carbocycles. The lowest BCUT2D eigenvalue weighted by Gasteiger charge is -2.21. The number of aromatic hydroxyl groups is 1. The molecule has 0 radical (unpaired) electrons.